The Morgan fingerprint density at radius 3 is 3.06 bits per heavy atom. The lowest BCUT2D eigenvalue weighted by atomic mass is 9.99. The molecule has 98 valence electrons. The second-order valence-corrected chi connectivity index (χ2v) is 5.63. The number of unbranched alkanes of at least 4 members (excludes halogenated alkanes) is 2. The first-order valence-electron chi connectivity index (χ1n) is 6.95. The highest BCUT2D eigenvalue weighted by atomic mass is 16.2. The number of piperazine rings is 1. The third-order valence-electron chi connectivity index (χ3n) is 4.12. The summed E-state index contributed by atoms with van der Waals surface area (Å²) in [6.07, 6.45) is 5.76. The van der Waals surface area contributed by atoms with Gasteiger partial charge in [-0.1, -0.05) is 19.8 Å². The third kappa shape index (κ3) is 2.57. The summed E-state index contributed by atoms with van der Waals surface area (Å²) in [7, 11) is 0. The summed E-state index contributed by atoms with van der Waals surface area (Å²) < 4.78 is 0. The minimum Gasteiger partial charge on any atom is -0.338 e. The first-order valence-corrected chi connectivity index (χ1v) is 6.95. The lowest BCUT2D eigenvalue weighted by Crippen LogP contribution is -2.63. The van der Waals surface area contributed by atoms with Gasteiger partial charge in [0, 0.05) is 25.7 Å². The van der Waals surface area contributed by atoms with Gasteiger partial charge in [0.1, 0.15) is 0 Å². The van der Waals surface area contributed by atoms with Gasteiger partial charge in [0.05, 0.1) is 5.54 Å². The number of carbonyl (C=O) groups excluding carboxylic acids is 1. The van der Waals surface area contributed by atoms with Crippen molar-refractivity contribution in [1.82, 2.24) is 15.5 Å². The standard InChI is InChI=1S/C13H25N3O/c1-3-4-5-8-15-12(17)16-11-6-7-13(16,2)10-14-9-11/h11,14H,3-10H2,1-2H3,(H,15,17). The molecular formula is C13H25N3O. The third-order valence-corrected chi connectivity index (χ3v) is 4.12. The zero-order chi connectivity index (χ0) is 12.3. The van der Waals surface area contributed by atoms with Crippen molar-refractivity contribution >= 4 is 6.03 Å². The number of fused-ring (bicyclic) bond motifs is 2. The Morgan fingerprint density at radius 1 is 1.53 bits per heavy atom. The van der Waals surface area contributed by atoms with Crippen LogP contribution in [-0.2, 0) is 0 Å². The van der Waals surface area contributed by atoms with E-state index >= 15 is 0 Å². The van der Waals surface area contributed by atoms with Crippen LogP contribution in [0.2, 0.25) is 0 Å². The highest BCUT2D eigenvalue weighted by Crippen LogP contribution is 2.35. The van der Waals surface area contributed by atoms with E-state index in [0.29, 0.717) is 6.04 Å². The second-order valence-electron chi connectivity index (χ2n) is 5.63. The highest BCUT2D eigenvalue weighted by Gasteiger charge is 2.47. The fourth-order valence-electron chi connectivity index (χ4n) is 3.11. The van der Waals surface area contributed by atoms with Crippen LogP contribution in [0.5, 0.6) is 0 Å². The Kier molecular flexibility index (Phi) is 3.92. The summed E-state index contributed by atoms with van der Waals surface area (Å²) in [6.45, 7) is 7.09. The minimum absolute atomic E-state index is 0.0394. The molecule has 2 atom stereocenters. The van der Waals surface area contributed by atoms with E-state index in [0.717, 1.165) is 38.9 Å². The van der Waals surface area contributed by atoms with Crippen LogP contribution >= 0.6 is 0 Å². The van der Waals surface area contributed by atoms with Crippen molar-refractivity contribution in [1.29, 1.82) is 0 Å². The first-order chi connectivity index (χ1) is 8.17. The van der Waals surface area contributed by atoms with Gasteiger partial charge < -0.3 is 15.5 Å². The van der Waals surface area contributed by atoms with Crippen molar-refractivity contribution in [3.8, 4) is 0 Å². The fraction of sp³-hybridized carbons (Fsp3) is 0.923. The molecule has 0 spiro atoms. The summed E-state index contributed by atoms with van der Waals surface area (Å²) in [5, 5.41) is 6.50. The van der Waals surface area contributed by atoms with Gasteiger partial charge in [0.2, 0.25) is 0 Å². The van der Waals surface area contributed by atoms with Crippen LogP contribution < -0.4 is 10.6 Å². The van der Waals surface area contributed by atoms with Crippen molar-refractivity contribution in [2.75, 3.05) is 19.6 Å². The number of nitrogens with zero attached hydrogens (tertiary/aromatic N) is 1. The molecule has 2 unspecified atom stereocenters. The monoisotopic (exact) mass is 239 g/mol. The molecule has 2 bridgehead atoms. The van der Waals surface area contributed by atoms with Crippen LogP contribution in [-0.4, -0.2) is 42.1 Å². The van der Waals surface area contributed by atoms with E-state index in [4.69, 9.17) is 0 Å². The molecule has 0 aromatic carbocycles. The van der Waals surface area contributed by atoms with Gasteiger partial charge in [0.25, 0.3) is 0 Å². The van der Waals surface area contributed by atoms with Crippen LogP contribution in [0.3, 0.4) is 0 Å². The zero-order valence-corrected chi connectivity index (χ0v) is 11.1. The molecule has 2 amide bonds. The lowest BCUT2D eigenvalue weighted by molar-refractivity contribution is 0.106. The van der Waals surface area contributed by atoms with Gasteiger partial charge in [-0.2, -0.15) is 0 Å². The molecule has 2 aliphatic heterocycles. The first kappa shape index (κ1) is 12.7. The quantitative estimate of drug-likeness (QED) is 0.734. The summed E-state index contributed by atoms with van der Waals surface area (Å²) in [6, 6.07) is 0.549. The number of rotatable bonds is 4. The van der Waals surface area contributed by atoms with Crippen molar-refractivity contribution in [3.05, 3.63) is 0 Å². The largest absolute Gasteiger partial charge is 0.338 e. The maximum Gasteiger partial charge on any atom is 0.318 e. The van der Waals surface area contributed by atoms with Gasteiger partial charge in [-0.15, -0.1) is 0 Å². The number of urea groups is 1. The predicted octanol–water partition coefficient (Wildman–Crippen LogP) is 1.71. The fourth-order valence-corrected chi connectivity index (χ4v) is 3.11. The minimum atomic E-state index is 0.0394. The number of hydrogen-bond donors (Lipinski definition) is 2. The van der Waals surface area contributed by atoms with E-state index in [1.807, 2.05) is 0 Å². The van der Waals surface area contributed by atoms with Gasteiger partial charge in [0.15, 0.2) is 0 Å². The summed E-state index contributed by atoms with van der Waals surface area (Å²) in [5.41, 5.74) is 0.0394. The normalized spacial score (nSPS) is 31.6. The number of amides is 2. The van der Waals surface area contributed by atoms with E-state index in [1.165, 1.54) is 12.8 Å². The molecule has 2 N–H and O–H groups in total. The predicted molar refractivity (Wildman–Crippen MR) is 69.1 cm³/mol. The van der Waals surface area contributed by atoms with Crippen LogP contribution in [0, 0.1) is 0 Å². The molecule has 4 nitrogen and oxygen atoms in total. The number of hydrogen-bond acceptors (Lipinski definition) is 2. The Morgan fingerprint density at radius 2 is 2.35 bits per heavy atom. The molecule has 2 fully saturated rings. The lowest BCUT2D eigenvalue weighted by Gasteiger charge is -2.42. The van der Waals surface area contributed by atoms with E-state index in [1.54, 1.807) is 0 Å². The van der Waals surface area contributed by atoms with Crippen molar-refractivity contribution in [3.63, 3.8) is 0 Å². The smallest absolute Gasteiger partial charge is 0.318 e. The second kappa shape index (κ2) is 5.25. The molecule has 0 radical (unpaired) electrons. The molecular weight excluding hydrogens is 214 g/mol. The molecule has 4 heteroatoms. The molecule has 2 saturated heterocycles. The molecule has 0 aromatic rings. The van der Waals surface area contributed by atoms with E-state index in [9.17, 15) is 4.79 Å². The van der Waals surface area contributed by atoms with E-state index < -0.39 is 0 Å². The van der Waals surface area contributed by atoms with Crippen molar-refractivity contribution in [2.45, 2.75) is 57.5 Å². The van der Waals surface area contributed by atoms with Gasteiger partial charge in [-0.3, -0.25) is 0 Å². The molecule has 0 aliphatic carbocycles. The molecule has 0 aromatic heterocycles. The van der Waals surface area contributed by atoms with Crippen LogP contribution in [0.4, 0.5) is 4.79 Å². The summed E-state index contributed by atoms with van der Waals surface area (Å²) in [4.78, 5) is 14.3. The van der Waals surface area contributed by atoms with Crippen molar-refractivity contribution < 1.29 is 4.79 Å². The topological polar surface area (TPSA) is 44.4 Å². The van der Waals surface area contributed by atoms with Crippen LogP contribution in [0.15, 0.2) is 0 Å². The Balaban J connectivity index is 1.86. The molecule has 2 heterocycles. The summed E-state index contributed by atoms with van der Waals surface area (Å²) >= 11 is 0. The van der Waals surface area contributed by atoms with E-state index in [-0.39, 0.29) is 11.6 Å². The maximum atomic E-state index is 12.2. The Labute approximate surface area is 104 Å². The highest BCUT2D eigenvalue weighted by molar-refractivity contribution is 5.76. The van der Waals surface area contributed by atoms with Gasteiger partial charge in [-0.25, -0.2) is 4.79 Å². The van der Waals surface area contributed by atoms with Gasteiger partial charge >= 0.3 is 6.03 Å². The van der Waals surface area contributed by atoms with E-state index in [2.05, 4.69) is 29.4 Å². The van der Waals surface area contributed by atoms with Crippen LogP contribution in [0.1, 0.15) is 46.0 Å². The molecule has 17 heavy (non-hydrogen) atoms. The van der Waals surface area contributed by atoms with Gasteiger partial charge in [-0.05, 0) is 26.2 Å². The average molecular weight is 239 g/mol. The molecule has 2 rings (SSSR count). The maximum absolute atomic E-state index is 12.2. The van der Waals surface area contributed by atoms with Crippen LogP contribution in [0.25, 0.3) is 0 Å². The molecule has 2 aliphatic rings. The zero-order valence-electron chi connectivity index (χ0n) is 11.1. The Bertz CT molecular complexity index is 278. The SMILES string of the molecule is CCCCCNC(=O)N1C2CCC1(C)CNC2. The summed E-state index contributed by atoms with van der Waals surface area (Å²) in [5.74, 6) is 0. The number of nitrogens with one attached hydrogen (secondary N) is 2. The number of carbonyl (C=O) groups is 1. The average Bonchev–Trinajstić information content (AvgIpc) is 2.50. The van der Waals surface area contributed by atoms with Crippen molar-refractivity contribution in [2.24, 2.45) is 0 Å². The Hall–Kier alpha value is -0.770. The molecule has 0 saturated carbocycles.